The predicted molar refractivity (Wildman–Crippen MR) is 75.5 cm³/mol. The molecule has 1 aromatic carbocycles. The number of H-pyrrole nitrogens is 1. The van der Waals surface area contributed by atoms with Crippen molar-refractivity contribution in [1.82, 2.24) is 9.97 Å². The minimum Gasteiger partial charge on any atom is -0.460 e. The van der Waals surface area contributed by atoms with Crippen molar-refractivity contribution < 1.29 is 4.42 Å². The molecule has 3 aromatic rings. The largest absolute Gasteiger partial charge is 0.460 e. The SMILES string of the molecule is Cc1ccc2nc(N/N=C\c3ccc(C)o3)[nH]c2c1. The summed E-state index contributed by atoms with van der Waals surface area (Å²) in [5, 5.41) is 4.08. The van der Waals surface area contributed by atoms with Gasteiger partial charge in [0.05, 0.1) is 17.2 Å². The summed E-state index contributed by atoms with van der Waals surface area (Å²) < 4.78 is 5.38. The van der Waals surface area contributed by atoms with Gasteiger partial charge in [-0.3, -0.25) is 0 Å². The minimum absolute atomic E-state index is 0.611. The third kappa shape index (κ3) is 2.49. The number of rotatable bonds is 3. The predicted octanol–water partition coefficient (Wildman–Crippen LogP) is 3.22. The number of nitrogens with zero attached hydrogens (tertiary/aromatic N) is 2. The van der Waals surface area contributed by atoms with Crippen LogP contribution in [0.2, 0.25) is 0 Å². The van der Waals surface area contributed by atoms with Crippen molar-refractivity contribution in [1.29, 1.82) is 0 Å². The van der Waals surface area contributed by atoms with Crippen molar-refractivity contribution in [2.75, 3.05) is 5.43 Å². The summed E-state index contributed by atoms with van der Waals surface area (Å²) in [6.45, 7) is 3.94. The molecule has 0 saturated heterocycles. The number of aromatic amines is 1. The summed E-state index contributed by atoms with van der Waals surface area (Å²) in [5.74, 6) is 2.18. The smallest absolute Gasteiger partial charge is 0.222 e. The van der Waals surface area contributed by atoms with Gasteiger partial charge in [-0.1, -0.05) is 6.07 Å². The van der Waals surface area contributed by atoms with Gasteiger partial charge in [-0.15, -0.1) is 0 Å². The van der Waals surface area contributed by atoms with Gasteiger partial charge in [0.2, 0.25) is 5.95 Å². The highest BCUT2D eigenvalue weighted by atomic mass is 16.3. The highest BCUT2D eigenvalue weighted by Crippen LogP contribution is 2.15. The molecule has 0 aliphatic rings. The van der Waals surface area contributed by atoms with Crippen LogP contribution in [0.3, 0.4) is 0 Å². The molecule has 0 radical (unpaired) electrons. The Kier molecular flexibility index (Phi) is 2.79. The fourth-order valence-electron chi connectivity index (χ4n) is 1.86. The monoisotopic (exact) mass is 254 g/mol. The third-order valence-electron chi connectivity index (χ3n) is 2.76. The zero-order valence-electron chi connectivity index (χ0n) is 10.8. The van der Waals surface area contributed by atoms with E-state index in [9.17, 15) is 0 Å². The second kappa shape index (κ2) is 4.61. The van der Waals surface area contributed by atoms with E-state index in [2.05, 4.69) is 20.5 Å². The van der Waals surface area contributed by atoms with Crippen LogP contribution in [-0.2, 0) is 0 Å². The molecule has 5 heteroatoms. The molecule has 5 nitrogen and oxygen atoms in total. The van der Waals surface area contributed by atoms with Crippen LogP contribution >= 0.6 is 0 Å². The number of aryl methyl sites for hydroxylation is 2. The molecule has 3 rings (SSSR count). The lowest BCUT2D eigenvalue weighted by Crippen LogP contribution is -1.91. The lowest BCUT2D eigenvalue weighted by atomic mass is 10.2. The fraction of sp³-hybridized carbons (Fsp3) is 0.143. The first-order valence-corrected chi connectivity index (χ1v) is 6.02. The Morgan fingerprint density at radius 2 is 2.16 bits per heavy atom. The van der Waals surface area contributed by atoms with Crippen molar-refractivity contribution >= 4 is 23.2 Å². The molecule has 0 atom stereocenters. The van der Waals surface area contributed by atoms with Gasteiger partial charge in [0.1, 0.15) is 11.5 Å². The number of nitrogens with one attached hydrogen (secondary N) is 2. The van der Waals surface area contributed by atoms with E-state index >= 15 is 0 Å². The van der Waals surface area contributed by atoms with Crippen LogP contribution in [0.15, 0.2) is 39.9 Å². The van der Waals surface area contributed by atoms with Gasteiger partial charge >= 0.3 is 0 Å². The molecular formula is C14H14N4O. The van der Waals surface area contributed by atoms with Crippen LogP contribution in [0.1, 0.15) is 17.1 Å². The van der Waals surface area contributed by atoms with Crippen LogP contribution < -0.4 is 5.43 Å². The first kappa shape index (κ1) is 11.5. The number of hydrazone groups is 1. The van der Waals surface area contributed by atoms with E-state index in [1.54, 1.807) is 6.21 Å². The molecule has 0 amide bonds. The summed E-state index contributed by atoms with van der Waals surface area (Å²) in [4.78, 5) is 7.54. The second-order valence-electron chi connectivity index (χ2n) is 4.42. The molecular weight excluding hydrogens is 240 g/mol. The molecule has 2 heterocycles. The fourth-order valence-corrected chi connectivity index (χ4v) is 1.86. The minimum atomic E-state index is 0.611. The van der Waals surface area contributed by atoms with Crippen molar-refractivity contribution in [3.05, 3.63) is 47.4 Å². The Labute approximate surface area is 110 Å². The van der Waals surface area contributed by atoms with Crippen molar-refractivity contribution in [2.24, 2.45) is 5.10 Å². The summed E-state index contributed by atoms with van der Waals surface area (Å²) in [6.07, 6.45) is 1.62. The van der Waals surface area contributed by atoms with E-state index in [1.807, 2.05) is 44.2 Å². The summed E-state index contributed by atoms with van der Waals surface area (Å²) in [7, 11) is 0. The Hall–Kier alpha value is -2.56. The quantitative estimate of drug-likeness (QED) is 0.557. The first-order chi connectivity index (χ1) is 9.20. The van der Waals surface area contributed by atoms with Crippen molar-refractivity contribution in [3.8, 4) is 0 Å². The highest BCUT2D eigenvalue weighted by molar-refractivity contribution is 5.79. The number of fused-ring (bicyclic) bond motifs is 1. The Balaban J connectivity index is 1.76. The number of furan rings is 1. The molecule has 0 aliphatic heterocycles. The lowest BCUT2D eigenvalue weighted by Gasteiger charge is -1.91. The molecule has 2 N–H and O–H groups in total. The molecule has 0 aliphatic carbocycles. The number of anilines is 1. The van der Waals surface area contributed by atoms with E-state index < -0.39 is 0 Å². The summed E-state index contributed by atoms with van der Waals surface area (Å²) >= 11 is 0. The van der Waals surface area contributed by atoms with E-state index in [-0.39, 0.29) is 0 Å². The van der Waals surface area contributed by atoms with Crippen LogP contribution in [0.5, 0.6) is 0 Å². The Morgan fingerprint density at radius 3 is 2.95 bits per heavy atom. The molecule has 0 bridgehead atoms. The number of aromatic nitrogens is 2. The molecule has 2 aromatic heterocycles. The van der Waals surface area contributed by atoms with E-state index in [0.717, 1.165) is 16.8 Å². The average molecular weight is 254 g/mol. The van der Waals surface area contributed by atoms with Crippen molar-refractivity contribution in [3.63, 3.8) is 0 Å². The topological polar surface area (TPSA) is 66.2 Å². The van der Waals surface area contributed by atoms with Gasteiger partial charge in [0.25, 0.3) is 0 Å². The maximum atomic E-state index is 5.38. The van der Waals surface area contributed by atoms with E-state index in [0.29, 0.717) is 11.7 Å². The Bertz CT molecular complexity index is 739. The molecule has 0 spiro atoms. The van der Waals surface area contributed by atoms with Crippen LogP contribution in [0.25, 0.3) is 11.0 Å². The van der Waals surface area contributed by atoms with Crippen LogP contribution in [-0.4, -0.2) is 16.2 Å². The second-order valence-corrected chi connectivity index (χ2v) is 4.42. The average Bonchev–Trinajstić information content (AvgIpc) is 2.95. The van der Waals surface area contributed by atoms with E-state index in [4.69, 9.17) is 4.42 Å². The molecule has 0 unspecified atom stereocenters. The van der Waals surface area contributed by atoms with Gasteiger partial charge < -0.3 is 9.40 Å². The zero-order chi connectivity index (χ0) is 13.2. The lowest BCUT2D eigenvalue weighted by molar-refractivity contribution is 0.528. The van der Waals surface area contributed by atoms with Crippen molar-refractivity contribution in [2.45, 2.75) is 13.8 Å². The van der Waals surface area contributed by atoms with Gasteiger partial charge in [0, 0.05) is 0 Å². The molecule has 0 saturated carbocycles. The van der Waals surface area contributed by atoms with Gasteiger partial charge in [-0.2, -0.15) is 5.10 Å². The summed E-state index contributed by atoms with van der Waals surface area (Å²) in [5.41, 5.74) is 5.95. The molecule has 19 heavy (non-hydrogen) atoms. The van der Waals surface area contributed by atoms with Crippen LogP contribution in [0.4, 0.5) is 5.95 Å². The number of hydrogen-bond donors (Lipinski definition) is 2. The van der Waals surface area contributed by atoms with Gasteiger partial charge in [-0.05, 0) is 43.7 Å². The Morgan fingerprint density at radius 1 is 1.26 bits per heavy atom. The van der Waals surface area contributed by atoms with E-state index in [1.165, 1.54) is 5.56 Å². The highest BCUT2D eigenvalue weighted by Gasteiger charge is 2.01. The maximum absolute atomic E-state index is 5.38. The number of imidazole rings is 1. The van der Waals surface area contributed by atoms with Gasteiger partial charge in [0.15, 0.2) is 0 Å². The first-order valence-electron chi connectivity index (χ1n) is 6.02. The zero-order valence-corrected chi connectivity index (χ0v) is 10.8. The standard InChI is InChI=1S/C14H14N4O/c1-9-3-6-12-13(7-9)17-14(16-12)18-15-8-11-5-4-10(2)19-11/h3-8H,1-2H3,(H2,16,17,18)/b15-8-. The number of hydrogen-bond acceptors (Lipinski definition) is 4. The summed E-state index contributed by atoms with van der Waals surface area (Å²) in [6, 6.07) is 9.81. The molecule has 0 fully saturated rings. The van der Waals surface area contributed by atoms with Gasteiger partial charge in [-0.25, -0.2) is 10.4 Å². The maximum Gasteiger partial charge on any atom is 0.222 e. The molecule has 96 valence electrons. The number of benzene rings is 1. The third-order valence-corrected chi connectivity index (χ3v) is 2.76. The normalized spacial score (nSPS) is 11.5. The van der Waals surface area contributed by atoms with Crippen LogP contribution in [0, 0.1) is 13.8 Å².